The Balaban J connectivity index is 0.885. The van der Waals surface area contributed by atoms with Crippen molar-refractivity contribution in [1.82, 2.24) is 4.57 Å². The van der Waals surface area contributed by atoms with Crippen molar-refractivity contribution < 1.29 is 4.42 Å². The zero-order valence-corrected chi connectivity index (χ0v) is 41.5. The van der Waals surface area contributed by atoms with Gasteiger partial charge in [-0.3, -0.25) is 0 Å². The molecule has 2 aromatic heterocycles. The summed E-state index contributed by atoms with van der Waals surface area (Å²) in [4.78, 5) is 2.46. The largest absolute Gasteiger partial charge is 0.455 e. The van der Waals surface area contributed by atoms with Gasteiger partial charge in [-0.15, -0.1) is 0 Å². The van der Waals surface area contributed by atoms with E-state index in [1.807, 2.05) is 0 Å². The second-order valence-electron chi connectivity index (χ2n) is 19.9. The first-order valence-corrected chi connectivity index (χ1v) is 26.2. The van der Waals surface area contributed by atoms with Crippen molar-refractivity contribution in [3.05, 3.63) is 313 Å². The number of furan rings is 1. The van der Waals surface area contributed by atoms with Crippen LogP contribution in [0, 0.1) is 0 Å². The lowest BCUT2D eigenvalue weighted by Gasteiger charge is -2.34. The van der Waals surface area contributed by atoms with Crippen LogP contribution in [0.5, 0.6) is 0 Å². The molecular formula is C73H48N2O. The molecule has 0 saturated carbocycles. The van der Waals surface area contributed by atoms with Crippen molar-refractivity contribution in [2.24, 2.45) is 0 Å². The average Bonchev–Trinajstić information content (AvgIpc) is 4.34. The number of hydrogen-bond acceptors (Lipinski definition) is 2. The monoisotopic (exact) mass is 968 g/mol. The molecule has 14 aromatic rings. The minimum absolute atomic E-state index is 0.538. The molecule has 0 fully saturated rings. The van der Waals surface area contributed by atoms with Crippen LogP contribution < -0.4 is 4.90 Å². The summed E-state index contributed by atoms with van der Waals surface area (Å²) in [7, 11) is 0. The second kappa shape index (κ2) is 17.6. The third-order valence-electron chi connectivity index (χ3n) is 15.9. The predicted molar refractivity (Wildman–Crippen MR) is 316 cm³/mol. The molecule has 76 heavy (non-hydrogen) atoms. The van der Waals surface area contributed by atoms with Gasteiger partial charge >= 0.3 is 0 Å². The average molecular weight is 969 g/mol. The van der Waals surface area contributed by atoms with Gasteiger partial charge in [-0.2, -0.15) is 0 Å². The molecule has 0 radical (unpaired) electrons. The van der Waals surface area contributed by atoms with Crippen molar-refractivity contribution >= 4 is 60.8 Å². The Kier molecular flexibility index (Phi) is 10.1. The van der Waals surface area contributed by atoms with Gasteiger partial charge in [0.2, 0.25) is 0 Å². The number of hydrogen-bond donors (Lipinski definition) is 0. The Hall–Kier alpha value is -9.96. The van der Waals surface area contributed by atoms with Crippen molar-refractivity contribution in [2.75, 3.05) is 4.90 Å². The van der Waals surface area contributed by atoms with Gasteiger partial charge in [-0.05, 0) is 128 Å². The van der Waals surface area contributed by atoms with Crippen LogP contribution in [0.15, 0.2) is 296 Å². The Morgan fingerprint density at radius 2 is 0.842 bits per heavy atom. The molecule has 0 aliphatic heterocycles. The molecule has 15 rings (SSSR count). The number of para-hydroxylation sites is 3. The van der Waals surface area contributed by atoms with Crippen molar-refractivity contribution in [3.63, 3.8) is 0 Å². The Bertz CT molecular complexity index is 4440. The number of aromatic nitrogens is 1. The molecular weight excluding hydrogens is 921 g/mol. The third kappa shape index (κ3) is 6.76. The highest BCUT2D eigenvalue weighted by atomic mass is 16.3. The fourth-order valence-corrected chi connectivity index (χ4v) is 12.5. The van der Waals surface area contributed by atoms with Crippen LogP contribution in [0.3, 0.4) is 0 Å². The number of benzene rings is 12. The first kappa shape index (κ1) is 43.6. The molecule has 0 unspecified atom stereocenters. The molecule has 0 bridgehead atoms. The molecule has 3 nitrogen and oxygen atoms in total. The maximum absolute atomic E-state index is 6.59. The Morgan fingerprint density at radius 1 is 0.329 bits per heavy atom. The summed E-state index contributed by atoms with van der Waals surface area (Å²) >= 11 is 0. The molecule has 0 atom stereocenters. The van der Waals surface area contributed by atoms with E-state index in [2.05, 4.69) is 301 Å². The standard InChI is InChI=1S/C73H48N2O/c1-5-19-51(20-6-1)59-29-17-30-61-64-48-53(40-46-70(64)76-72(59)61)50-37-43-58(44-38-50)74(57-41-35-49(36-42-57)52-39-45-68-63(47-52)60-27-14-16-33-67(60)75(68)56-25-11-4-12-26-56)69-34-18-32-66-71(69)62-28-13-15-31-65(62)73(66,54-21-7-2-8-22-54)55-23-9-3-10-24-55/h1-48H. The van der Waals surface area contributed by atoms with E-state index in [0.717, 1.165) is 72.5 Å². The molecule has 0 amide bonds. The number of rotatable bonds is 9. The van der Waals surface area contributed by atoms with Crippen LogP contribution in [0.2, 0.25) is 0 Å². The van der Waals surface area contributed by atoms with Crippen LogP contribution in [0.1, 0.15) is 22.3 Å². The zero-order valence-electron chi connectivity index (χ0n) is 41.5. The van der Waals surface area contributed by atoms with Crippen molar-refractivity contribution in [2.45, 2.75) is 5.41 Å². The summed E-state index contributed by atoms with van der Waals surface area (Å²) in [5.41, 5.74) is 22.4. The minimum atomic E-state index is -0.538. The summed E-state index contributed by atoms with van der Waals surface area (Å²) in [5, 5.41) is 4.70. The summed E-state index contributed by atoms with van der Waals surface area (Å²) in [6, 6.07) is 106. The molecule has 0 N–H and O–H groups in total. The molecule has 2 heterocycles. The summed E-state index contributed by atoms with van der Waals surface area (Å²) in [6.07, 6.45) is 0. The first-order chi connectivity index (χ1) is 37.7. The molecule has 12 aromatic carbocycles. The van der Waals surface area contributed by atoms with E-state index in [-0.39, 0.29) is 0 Å². The fourth-order valence-electron chi connectivity index (χ4n) is 12.5. The van der Waals surface area contributed by atoms with Crippen molar-refractivity contribution in [1.29, 1.82) is 0 Å². The predicted octanol–water partition coefficient (Wildman–Crippen LogP) is 19.5. The maximum atomic E-state index is 6.59. The molecule has 0 saturated heterocycles. The Morgan fingerprint density at radius 3 is 1.54 bits per heavy atom. The van der Waals surface area contributed by atoms with E-state index >= 15 is 0 Å². The van der Waals surface area contributed by atoms with Gasteiger partial charge in [0.05, 0.1) is 22.1 Å². The highest BCUT2D eigenvalue weighted by Gasteiger charge is 2.47. The van der Waals surface area contributed by atoms with Crippen molar-refractivity contribution in [3.8, 4) is 50.2 Å². The SMILES string of the molecule is c1ccc(-c2cccc3c2oc2ccc(-c4ccc(N(c5ccc(-c6ccc7c(c6)c6ccccc6n7-c6ccccc6)cc5)c5cccc6c5-c5ccccc5C6(c5ccccc5)c5ccccc5)cc4)cc23)cc1. The van der Waals surface area contributed by atoms with E-state index < -0.39 is 5.41 Å². The molecule has 0 spiro atoms. The summed E-state index contributed by atoms with van der Waals surface area (Å²) in [5.74, 6) is 0. The van der Waals surface area contributed by atoms with Gasteiger partial charge in [-0.25, -0.2) is 0 Å². The van der Waals surface area contributed by atoms with Crippen LogP contribution in [0.4, 0.5) is 17.1 Å². The highest BCUT2D eigenvalue weighted by Crippen LogP contribution is 2.59. The summed E-state index contributed by atoms with van der Waals surface area (Å²) < 4.78 is 8.97. The quantitative estimate of drug-likeness (QED) is 0.144. The highest BCUT2D eigenvalue weighted by molar-refractivity contribution is 6.12. The lowest BCUT2D eigenvalue weighted by molar-refractivity contribution is 0.670. The lowest BCUT2D eigenvalue weighted by atomic mass is 9.68. The number of anilines is 3. The second-order valence-corrected chi connectivity index (χ2v) is 19.9. The fraction of sp³-hybridized carbons (Fsp3) is 0.0137. The van der Waals surface area contributed by atoms with Crippen LogP contribution in [0.25, 0.3) is 93.9 Å². The molecule has 356 valence electrons. The smallest absolute Gasteiger partial charge is 0.143 e. The van der Waals surface area contributed by atoms with Gasteiger partial charge in [0.15, 0.2) is 0 Å². The number of fused-ring (bicyclic) bond motifs is 9. The lowest BCUT2D eigenvalue weighted by Crippen LogP contribution is -2.28. The first-order valence-electron chi connectivity index (χ1n) is 26.2. The van der Waals surface area contributed by atoms with E-state index in [1.54, 1.807) is 0 Å². The van der Waals surface area contributed by atoms with Gasteiger partial charge in [-0.1, -0.05) is 218 Å². The minimum Gasteiger partial charge on any atom is -0.455 e. The topological polar surface area (TPSA) is 21.3 Å². The Labute approximate surface area is 441 Å². The molecule has 1 aliphatic carbocycles. The van der Waals surface area contributed by atoms with Gasteiger partial charge in [0.25, 0.3) is 0 Å². The van der Waals surface area contributed by atoms with Gasteiger partial charge in [0, 0.05) is 49.7 Å². The van der Waals surface area contributed by atoms with E-state index in [0.29, 0.717) is 0 Å². The van der Waals surface area contributed by atoms with Crippen LogP contribution >= 0.6 is 0 Å². The summed E-state index contributed by atoms with van der Waals surface area (Å²) in [6.45, 7) is 0. The molecule has 3 heteroatoms. The normalized spacial score (nSPS) is 12.6. The van der Waals surface area contributed by atoms with Gasteiger partial charge < -0.3 is 13.9 Å². The maximum Gasteiger partial charge on any atom is 0.143 e. The third-order valence-corrected chi connectivity index (χ3v) is 15.9. The zero-order chi connectivity index (χ0) is 50.2. The number of nitrogens with zero attached hydrogens (tertiary/aromatic N) is 2. The molecule has 1 aliphatic rings. The van der Waals surface area contributed by atoms with E-state index in [4.69, 9.17) is 4.42 Å². The van der Waals surface area contributed by atoms with E-state index in [9.17, 15) is 0 Å². The van der Waals surface area contributed by atoms with Crippen LogP contribution in [-0.2, 0) is 5.41 Å². The van der Waals surface area contributed by atoms with Crippen LogP contribution in [-0.4, -0.2) is 4.57 Å². The van der Waals surface area contributed by atoms with Gasteiger partial charge in [0.1, 0.15) is 11.2 Å². The van der Waals surface area contributed by atoms with E-state index in [1.165, 1.54) is 60.8 Å².